The van der Waals surface area contributed by atoms with Gasteiger partial charge in [-0.3, -0.25) is 0 Å². The first kappa shape index (κ1) is 16.4. The van der Waals surface area contributed by atoms with Gasteiger partial charge in [0, 0.05) is 6.61 Å². The summed E-state index contributed by atoms with van der Waals surface area (Å²) in [6, 6.07) is 15.4. The molecule has 0 aromatic heterocycles. The molecular weight excluding hydrogens is 272 g/mol. The normalized spacial score (nSPS) is 9.38. The summed E-state index contributed by atoms with van der Waals surface area (Å²) in [6.45, 7) is 0.240. The summed E-state index contributed by atoms with van der Waals surface area (Å²) in [5.74, 6) is -2.46. The van der Waals surface area contributed by atoms with Gasteiger partial charge in [0.25, 0.3) is 0 Å². The van der Waals surface area contributed by atoms with Crippen molar-refractivity contribution in [2.75, 3.05) is 6.61 Å². The van der Waals surface area contributed by atoms with Crippen LogP contribution in [0.15, 0.2) is 54.6 Å². The van der Waals surface area contributed by atoms with Gasteiger partial charge in [-0.2, -0.15) is 0 Å². The average Bonchev–Trinajstić information content (AvgIpc) is 2.49. The molecule has 2 rings (SSSR count). The number of hydrogen-bond acceptors (Lipinski definition) is 3. The molecule has 0 spiro atoms. The van der Waals surface area contributed by atoms with E-state index >= 15 is 0 Å². The van der Waals surface area contributed by atoms with Crippen molar-refractivity contribution in [3.63, 3.8) is 0 Å². The highest BCUT2D eigenvalue weighted by Crippen LogP contribution is 2.07. The van der Waals surface area contributed by atoms with Gasteiger partial charge in [-0.05, 0) is 24.1 Å². The lowest BCUT2D eigenvalue weighted by Gasteiger charge is -1.98. The molecule has 0 saturated carbocycles. The summed E-state index contributed by atoms with van der Waals surface area (Å²) in [7, 11) is 0. The van der Waals surface area contributed by atoms with Crippen LogP contribution in [-0.2, 0) is 6.42 Å². The van der Waals surface area contributed by atoms with Gasteiger partial charge in [0.05, 0.1) is 11.1 Å². The van der Waals surface area contributed by atoms with E-state index < -0.39 is 11.9 Å². The van der Waals surface area contributed by atoms with Gasteiger partial charge >= 0.3 is 11.9 Å². The Kier molecular flexibility index (Phi) is 6.63. The maximum absolute atomic E-state index is 10.5. The maximum atomic E-state index is 10.5. The first-order valence-electron chi connectivity index (χ1n) is 6.26. The third-order valence-electron chi connectivity index (χ3n) is 2.63. The number of rotatable bonds is 4. The zero-order valence-corrected chi connectivity index (χ0v) is 11.3. The molecule has 0 amide bonds. The van der Waals surface area contributed by atoms with Crippen molar-refractivity contribution >= 4 is 11.9 Å². The highest BCUT2D eigenvalue weighted by atomic mass is 16.4. The van der Waals surface area contributed by atoms with Crippen LogP contribution in [0, 0.1) is 0 Å². The fraction of sp³-hybridized carbons (Fsp3) is 0.125. The molecule has 0 aliphatic rings. The molecule has 5 nitrogen and oxygen atoms in total. The van der Waals surface area contributed by atoms with E-state index in [9.17, 15) is 9.59 Å². The second-order valence-electron chi connectivity index (χ2n) is 4.12. The van der Waals surface area contributed by atoms with E-state index in [-0.39, 0.29) is 17.7 Å². The van der Waals surface area contributed by atoms with Crippen molar-refractivity contribution in [3.05, 3.63) is 71.3 Å². The van der Waals surface area contributed by atoms with Crippen LogP contribution in [0.1, 0.15) is 26.3 Å². The predicted octanol–water partition coefficient (Wildman–Crippen LogP) is 2.30. The van der Waals surface area contributed by atoms with Gasteiger partial charge in [0.15, 0.2) is 0 Å². The molecule has 110 valence electrons. The van der Waals surface area contributed by atoms with E-state index in [4.69, 9.17) is 15.3 Å². The number of carboxylic acids is 2. The third-order valence-corrected chi connectivity index (χ3v) is 2.63. The van der Waals surface area contributed by atoms with Crippen LogP contribution in [0.5, 0.6) is 0 Å². The molecule has 5 heteroatoms. The number of aliphatic hydroxyl groups is 1. The fourth-order valence-electron chi connectivity index (χ4n) is 1.63. The van der Waals surface area contributed by atoms with Crippen LogP contribution in [0.2, 0.25) is 0 Å². The number of benzene rings is 2. The number of carboxylic acid groups (broad SMARTS) is 2. The second kappa shape index (κ2) is 8.50. The third kappa shape index (κ3) is 5.46. The molecule has 0 saturated heterocycles. The largest absolute Gasteiger partial charge is 0.478 e. The lowest BCUT2D eigenvalue weighted by Crippen LogP contribution is -2.06. The van der Waals surface area contributed by atoms with Crippen LogP contribution < -0.4 is 0 Å². The summed E-state index contributed by atoms with van der Waals surface area (Å²) >= 11 is 0. The van der Waals surface area contributed by atoms with Crippen molar-refractivity contribution in [2.24, 2.45) is 0 Å². The average molecular weight is 288 g/mol. The minimum atomic E-state index is -1.23. The monoisotopic (exact) mass is 288 g/mol. The first-order valence-corrected chi connectivity index (χ1v) is 6.26. The molecule has 0 atom stereocenters. The predicted molar refractivity (Wildman–Crippen MR) is 77.6 cm³/mol. The van der Waals surface area contributed by atoms with Crippen molar-refractivity contribution in [1.82, 2.24) is 0 Å². The number of aliphatic hydroxyl groups excluding tert-OH is 1. The first-order chi connectivity index (χ1) is 10.1. The van der Waals surface area contributed by atoms with Gasteiger partial charge in [-0.25, -0.2) is 9.59 Å². The van der Waals surface area contributed by atoms with Crippen LogP contribution in [0.3, 0.4) is 0 Å². The summed E-state index contributed by atoms with van der Waals surface area (Å²) in [4.78, 5) is 20.9. The summed E-state index contributed by atoms with van der Waals surface area (Å²) in [5.41, 5.74) is 0.815. The number of carbonyl (C=O) groups is 2. The molecule has 3 N–H and O–H groups in total. The van der Waals surface area contributed by atoms with Crippen molar-refractivity contribution in [3.8, 4) is 0 Å². The molecule has 0 heterocycles. The maximum Gasteiger partial charge on any atom is 0.336 e. The molecule has 0 radical (unpaired) electrons. The Morgan fingerprint density at radius 2 is 1.19 bits per heavy atom. The van der Waals surface area contributed by atoms with E-state index in [1.54, 1.807) is 0 Å². The van der Waals surface area contributed by atoms with E-state index in [1.807, 2.05) is 30.3 Å². The fourth-order valence-corrected chi connectivity index (χ4v) is 1.63. The Morgan fingerprint density at radius 1 is 0.762 bits per heavy atom. The number of aromatic carboxylic acids is 2. The Balaban J connectivity index is 0.000000219. The molecule has 0 unspecified atom stereocenters. The molecule has 21 heavy (non-hydrogen) atoms. The van der Waals surface area contributed by atoms with Crippen molar-refractivity contribution in [1.29, 1.82) is 0 Å². The highest BCUT2D eigenvalue weighted by molar-refractivity contribution is 6.01. The Morgan fingerprint density at radius 3 is 1.57 bits per heavy atom. The van der Waals surface area contributed by atoms with E-state index in [0.29, 0.717) is 0 Å². The molecule has 0 aliphatic carbocycles. The van der Waals surface area contributed by atoms with Gasteiger partial charge in [-0.15, -0.1) is 0 Å². The van der Waals surface area contributed by atoms with Gasteiger partial charge in [-0.1, -0.05) is 42.5 Å². The zero-order chi connectivity index (χ0) is 15.7. The standard InChI is InChI=1S/C8H6O4.C8H10O/c9-7(10)5-3-1-2-4-6(5)8(11)12;9-7-6-8-4-2-1-3-5-8/h1-4H,(H,9,10)(H,11,12);1-5,9H,6-7H2. The summed E-state index contributed by atoms with van der Waals surface area (Å²) in [5, 5.41) is 25.6. The highest BCUT2D eigenvalue weighted by Gasteiger charge is 2.13. The molecular formula is C16H16O5. The SMILES string of the molecule is O=C(O)c1ccccc1C(=O)O.OCCc1ccccc1. The van der Waals surface area contributed by atoms with Crippen LogP contribution in [0.4, 0.5) is 0 Å². The number of hydrogen-bond donors (Lipinski definition) is 3. The minimum absolute atomic E-state index is 0.190. The van der Waals surface area contributed by atoms with Gasteiger partial charge in [0.1, 0.15) is 0 Å². The minimum Gasteiger partial charge on any atom is -0.478 e. The van der Waals surface area contributed by atoms with Crippen LogP contribution in [-0.4, -0.2) is 33.9 Å². The Hall–Kier alpha value is -2.66. The Labute approximate surface area is 122 Å². The van der Waals surface area contributed by atoms with E-state index in [0.717, 1.165) is 6.42 Å². The van der Waals surface area contributed by atoms with Crippen LogP contribution >= 0.6 is 0 Å². The van der Waals surface area contributed by atoms with E-state index in [2.05, 4.69) is 0 Å². The lowest BCUT2D eigenvalue weighted by molar-refractivity contribution is 0.0651. The molecule has 0 fully saturated rings. The smallest absolute Gasteiger partial charge is 0.336 e. The van der Waals surface area contributed by atoms with Crippen LogP contribution in [0.25, 0.3) is 0 Å². The zero-order valence-electron chi connectivity index (χ0n) is 11.3. The summed E-state index contributed by atoms with van der Waals surface area (Å²) < 4.78 is 0. The molecule has 2 aromatic carbocycles. The van der Waals surface area contributed by atoms with Gasteiger partial charge in [0.2, 0.25) is 0 Å². The topological polar surface area (TPSA) is 94.8 Å². The summed E-state index contributed by atoms with van der Waals surface area (Å²) in [6.07, 6.45) is 0.765. The Bertz CT molecular complexity index is 560. The van der Waals surface area contributed by atoms with E-state index in [1.165, 1.54) is 29.8 Å². The quantitative estimate of drug-likeness (QED) is 0.802. The second-order valence-corrected chi connectivity index (χ2v) is 4.12. The molecule has 2 aromatic rings. The molecule has 0 bridgehead atoms. The molecule has 0 aliphatic heterocycles. The van der Waals surface area contributed by atoms with Gasteiger partial charge < -0.3 is 15.3 Å². The lowest BCUT2D eigenvalue weighted by atomic mass is 10.1. The van der Waals surface area contributed by atoms with Crippen molar-refractivity contribution < 1.29 is 24.9 Å². The van der Waals surface area contributed by atoms with Crippen molar-refractivity contribution in [2.45, 2.75) is 6.42 Å².